The quantitative estimate of drug-likeness (QED) is 0.325. The van der Waals surface area contributed by atoms with Crippen molar-refractivity contribution < 1.29 is 14.3 Å². The van der Waals surface area contributed by atoms with Gasteiger partial charge in [-0.3, -0.25) is 9.79 Å². The summed E-state index contributed by atoms with van der Waals surface area (Å²) in [4.78, 5) is 15.8. The third-order valence-corrected chi connectivity index (χ3v) is 4.27. The highest BCUT2D eigenvalue weighted by Gasteiger charge is 2.13. The minimum Gasteiger partial charge on any atom is -0.454 e. The van der Waals surface area contributed by atoms with Crippen molar-refractivity contribution in [1.82, 2.24) is 16.0 Å². The van der Waals surface area contributed by atoms with E-state index in [1.807, 2.05) is 42.5 Å². The molecule has 0 atom stereocenters. The molecule has 1 heterocycles. The SMILES string of the molecule is CN=C(NCCc1ccc2c(c1)OCO2)NCc1ccc(C(=O)NC)cc1.I. The lowest BCUT2D eigenvalue weighted by Gasteiger charge is -2.12. The highest BCUT2D eigenvalue weighted by Crippen LogP contribution is 2.32. The van der Waals surface area contributed by atoms with E-state index in [1.54, 1.807) is 14.1 Å². The maximum absolute atomic E-state index is 11.6. The highest BCUT2D eigenvalue weighted by molar-refractivity contribution is 14.0. The van der Waals surface area contributed by atoms with Crippen LogP contribution in [0.5, 0.6) is 11.5 Å². The molecule has 150 valence electrons. The molecule has 3 N–H and O–H groups in total. The van der Waals surface area contributed by atoms with Crippen LogP contribution in [0.15, 0.2) is 47.5 Å². The molecule has 3 rings (SSSR count). The Morgan fingerprint density at radius 2 is 1.75 bits per heavy atom. The molecule has 0 saturated carbocycles. The molecule has 0 radical (unpaired) electrons. The van der Waals surface area contributed by atoms with Gasteiger partial charge in [-0.1, -0.05) is 18.2 Å². The Labute approximate surface area is 181 Å². The molecule has 0 bridgehead atoms. The van der Waals surface area contributed by atoms with Crippen LogP contribution in [0.4, 0.5) is 0 Å². The van der Waals surface area contributed by atoms with Crippen molar-refractivity contribution in [3.05, 3.63) is 59.2 Å². The number of ether oxygens (including phenoxy) is 2. The van der Waals surface area contributed by atoms with E-state index >= 15 is 0 Å². The monoisotopic (exact) mass is 496 g/mol. The van der Waals surface area contributed by atoms with E-state index in [4.69, 9.17) is 9.47 Å². The van der Waals surface area contributed by atoms with Crippen molar-refractivity contribution in [3.8, 4) is 11.5 Å². The first-order chi connectivity index (χ1) is 13.2. The Hall–Kier alpha value is -2.49. The number of halogens is 1. The van der Waals surface area contributed by atoms with Crippen molar-refractivity contribution in [2.75, 3.05) is 27.4 Å². The second-order valence-electron chi connectivity index (χ2n) is 6.07. The van der Waals surface area contributed by atoms with Gasteiger partial charge in [-0.15, -0.1) is 24.0 Å². The van der Waals surface area contributed by atoms with Gasteiger partial charge in [0.05, 0.1) is 0 Å². The number of guanidine groups is 1. The summed E-state index contributed by atoms with van der Waals surface area (Å²) >= 11 is 0. The predicted octanol–water partition coefficient (Wildman–Crippen LogP) is 2.30. The molecule has 1 aliphatic rings. The van der Waals surface area contributed by atoms with E-state index < -0.39 is 0 Å². The fraction of sp³-hybridized carbons (Fsp3) is 0.300. The van der Waals surface area contributed by atoms with Gasteiger partial charge in [-0.05, 0) is 41.8 Å². The van der Waals surface area contributed by atoms with Crippen LogP contribution >= 0.6 is 24.0 Å². The van der Waals surface area contributed by atoms with Gasteiger partial charge in [0, 0.05) is 32.7 Å². The first-order valence-corrected chi connectivity index (χ1v) is 8.83. The average Bonchev–Trinajstić information content (AvgIpc) is 3.18. The van der Waals surface area contributed by atoms with Crippen LogP contribution in [0, 0.1) is 0 Å². The number of nitrogens with zero attached hydrogens (tertiary/aromatic N) is 1. The number of nitrogens with one attached hydrogen (secondary N) is 3. The second-order valence-corrected chi connectivity index (χ2v) is 6.07. The number of fused-ring (bicyclic) bond motifs is 1. The molecule has 0 unspecified atom stereocenters. The molecule has 0 saturated heterocycles. The van der Waals surface area contributed by atoms with E-state index in [1.165, 1.54) is 5.56 Å². The van der Waals surface area contributed by atoms with Gasteiger partial charge < -0.3 is 25.4 Å². The lowest BCUT2D eigenvalue weighted by atomic mass is 10.1. The predicted molar refractivity (Wildman–Crippen MR) is 120 cm³/mol. The number of hydrogen-bond donors (Lipinski definition) is 3. The second kappa shape index (κ2) is 10.7. The molecule has 7 nitrogen and oxygen atoms in total. The van der Waals surface area contributed by atoms with Crippen molar-refractivity contribution in [3.63, 3.8) is 0 Å². The maximum atomic E-state index is 11.6. The minimum absolute atomic E-state index is 0. The van der Waals surface area contributed by atoms with Crippen LogP contribution in [-0.4, -0.2) is 39.3 Å². The summed E-state index contributed by atoms with van der Waals surface area (Å²) in [5.41, 5.74) is 2.89. The molecule has 8 heteroatoms. The number of rotatable bonds is 6. The zero-order chi connectivity index (χ0) is 19.1. The lowest BCUT2D eigenvalue weighted by Crippen LogP contribution is -2.37. The van der Waals surface area contributed by atoms with E-state index in [9.17, 15) is 4.79 Å². The molecule has 28 heavy (non-hydrogen) atoms. The average molecular weight is 496 g/mol. The summed E-state index contributed by atoms with van der Waals surface area (Å²) in [7, 11) is 3.36. The molecule has 2 aromatic carbocycles. The minimum atomic E-state index is -0.0875. The van der Waals surface area contributed by atoms with Crippen LogP contribution in [-0.2, 0) is 13.0 Å². The van der Waals surface area contributed by atoms with E-state index in [-0.39, 0.29) is 36.7 Å². The number of amides is 1. The van der Waals surface area contributed by atoms with Crippen molar-refractivity contribution in [2.24, 2.45) is 4.99 Å². The number of aliphatic imine (C=N–C) groups is 1. The zero-order valence-electron chi connectivity index (χ0n) is 16.0. The van der Waals surface area contributed by atoms with Crippen molar-refractivity contribution in [1.29, 1.82) is 0 Å². The van der Waals surface area contributed by atoms with Crippen LogP contribution in [0.25, 0.3) is 0 Å². The number of hydrogen-bond acceptors (Lipinski definition) is 4. The van der Waals surface area contributed by atoms with Gasteiger partial charge in [0.15, 0.2) is 17.5 Å². The number of benzene rings is 2. The van der Waals surface area contributed by atoms with Gasteiger partial charge >= 0.3 is 0 Å². The lowest BCUT2D eigenvalue weighted by molar-refractivity contribution is 0.0963. The third kappa shape index (κ3) is 5.75. The Balaban J connectivity index is 0.00000280. The van der Waals surface area contributed by atoms with E-state index in [2.05, 4.69) is 20.9 Å². The van der Waals surface area contributed by atoms with Crippen LogP contribution in [0.3, 0.4) is 0 Å². The smallest absolute Gasteiger partial charge is 0.251 e. The Kier molecular flexibility index (Phi) is 8.37. The highest BCUT2D eigenvalue weighted by atomic mass is 127. The summed E-state index contributed by atoms with van der Waals surface area (Å²) < 4.78 is 10.7. The zero-order valence-corrected chi connectivity index (χ0v) is 18.3. The standard InChI is InChI=1S/C20H24N4O3.HI/c1-21-19(25)16-6-3-15(4-7-16)12-24-20(22-2)23-10-9-14-5-8-17-18(11-14)27-13-26-17;/h3-8,11H,9-10,12-13H2,1-2H3,(H,21,25)(H2,22,23,24);1H. The molecule has 0 spiro atoms. The Bertz CT molecular complexity index is 825. The fourth-order valence-corrected chi connectivity index (χ4v) is 2.75. The molecule has 2 aromatic rings. The van der Waals surface area contributed by atoms with Gasteiger partial charge in [0.2, 0.25) is 6.79 Å². The van der Waals surface area contributed by atoms with E-state index in [0.29, 0.717) is 12.1 Å². The first-order valence-electron chi connectivity index (χ1n) is 8.83. The number of carbonyl (C=O) groups excluding carboxylic acids is 1. The summed E-state index contributed by atoms with van der Waals surface area (Å²) in [5.74, 6) is 2.24. The molecule has 1 amide bonds. The van der Waals surface area contributed by atoms with Gasteiger partial charge in [-0.25, -0.2) is 0 Å². The largest absolute Gasteiger partial charge is 0.454 e. The fourth-order valence-electron chi connectivity index (χ4n) is 2.75. The van der Waals surface area contributed by atoms with E-state index in [0.717, 1.165) is 36.0 Å². The Morgan fingerprint density at radius 1 is 1.04 bits per heavy atom. The molecule has 1 aliphatic heterocycles. The summed E-state index contributed by atoms with van der Waals surface area (Å²) in [6, 6.07) is 13.5. The summed E-state index contributed by atoms with van der Waals surface area (Å²) in [6.45, 7) is 1.66. The summed E-state index contributed by atoms with van der Waals surface area (Å²) in [5, 5.41) is 9.18. The van der Waals surface area contributed by atoms with Crippen LogP contribution < -0.4 is 25.4 Å². The molecule has 0 aliphatic carbocycles. The molecule has 0 fully saturated rings. The van der Waals surface area contributed by atoms with Crippen LogP contribution in [0.2, 0.25) is 0 Å². The number of carbonyl (C=O) groups is 1. The normalized spacial score (nSPS) is 12.1. The summed E-state index contributed by atoms with van der Waals surface area (Å²) in [6.07, 6.45) is 0.845. The third-order valence-electron chi connectivity index (χ3n) is 4.27. The Morgan fingerprint density at radius 3 is 2.46 bits per heavy atom. The van der Waals surface area contributed by atoms with Crippen molar-refractivity contribution in [2.45, 2.75) is 13.0 Å². The molecule has 0 aromatic heterocycles. The molecular formula is C20H25IN4O3. The van der Waals surface area contributed by atoms with Gasteiger partial charge in [0.25, 0.3) is 5.91 Å². The van der Waals surface area contributed by atoms with Crippen LogP contribution in [0.1, 0.15) is 21.5 Å². The van der Waals surface area contributed by atoms with Gasteiger partial charge in [0.1, 0.15) is 0 Å². The van der Waals surface area contributed by atoms with Gasteiger partial charge in [-0.2, -0.15) is 0 Å². The topological polar surface area (TPSA) is 84.0 Å². The maximum Gasteiger partial charge on any atom is 0.251 e. The van der Waals surface area contributed by atoms with Crippen molar-refractivity contribution >= 4 is 35.8 Å². The first kappa shape index (κ1) is 21.8. The molecular weight excluding hydrogens is 471 g/mol.